The molecule has 4 atom stereocenters. The van der Waals surface area contributed by atoms with Gasteiger partial charge in [0, 0.05) is 12.1 Å². The van der Waals surface area contributed by atoms with Gasteiger partial charge in [-0.3, -0.25) is 5.32 Å². The number of nitrogens with one attached hydrogen (secondary N) is 1. The Hall–Kier alpha value is -1.25. The van der Waals surface area contributed by atoms with Crippen molar-refractivity contribution in [2.45, 2.75) is 24.3 Å². The van der Waals surface area contributed by atoms with Crippen LogP contribution in [0.25, 0.3) is 0 Å². The van der Waals surface area contributed by atoms with E-state index in [2.05, 4.69) is 5.32 Å². The normalized spacial score (nSPS) is 30.1. The first-order chi connectivity index (χ1) is 8.45. The molecule has 0 aliphatic carbocycles. The molecule has 0 unspecified atom stereocenters. The van der Waals surface area contributed by atoms with E-state index in [1.54, 1.807) is 0 Å². The number of phenolic OH excluding ortho intramolecular Hbond substituents is 3. The highest BCUT2D eigenvalue weighted by molar-refractivity contribution is 5.85. The quantitative estimate of drug-likeness (QED) is 0.370. The second-order valence-electron chi connectivity index (χ2n) is 4.31. The number of aliphatic hydroxyl groups is 3. The van der Waals surface area contributed by atoms with Crippen LogP contribution in [0.15, 0.2) is 12.1 Å². The van der Waals surface area contributed by atoms with Crippen molar-refractivity contribution in [3.05, 3.63) is 17.7 Å². The zero-order valence-electron chi connectivity index (χ0n) is 9.76. The topological polar surface area (TPSA) is 133 Å². The Morgan fingerprint density at radius 3 is 1.95 bits per heavy atom. The van der Waals surface area contributed by atoms with E-state index < -0.39 is 42.4 Å². The summed E-state index contributed by atoms with van der Waals surface area (Å²) in [5.74, 6) is -1.13. The lowest BCUT2D eigenvalue weighted by Gasteiger charge is -2.18. The zero-order chi connectivity index (χ0) is 13.4. The Morgan fingerprint density at radius 2 is 1.53 bits per heavy atom. The highest BCUT2D eigenvalue weighted by atomic mass is 35.5. The molecular formula is C11H16ClNO6. The summed E-state index contributed by atoms with van der Waals surface area (Å²) >= 11 is 0. The van der Waals surface area contributed by atoms with Crippen LogP contribution in [-0.2, 0) is 0 Å². The molecule has 1 saturated heterocycles. The van der Waals surface area contributed by atoms with Crippen molar-refractivity contribution < 1.29 is 30.6 Å². The average Bonchev–Trinajstić information content (AvgIpc) is 2.56. The summed E-state index contributed by atoms with van der Waals surface area (Å²) in [6, 6.07) is 0.347. The number of phenols is 3. The fraction of sp³-hybridized carbons (Fsp3) is 0.455. The third-order valence-electron chi connectivity index (χ3n) is 3.13. The maximum absolute atomic E-state index is 9.82. The van der Waals surface area contributed by atoms with E-state index in [0.717, 1.165) is 12.1 Å². The molecule has 0 bridgehead atoms. The summed E-state index contributed by atoms with van der Waals surface area (Å²) in [5, 5.41) is 59.7. The number of benzene rings is 1. The number of hydrogen-bond acceptors (Lipinski definition) is 7. The van der Waals surface area contributed by atoms with Crippen molar-refractivity contribution in [2.24, 2.45) is 0 Å². The van der Waals surface area contributed by atoms with E-state index in [1.165, 1.54) is 0 Å². The Balaban J connectivity index is 0.00000180. The van der Waals surface area contributed by atoms with Gasteiger partial charge in [0.05, 0.1) is 30.4 Å². The van der Waals surface area contributed by atoms with Crippen LogP contribution in [0.2, 0.25) is 0 Å². The average molecular weight is 294 g/mol. The van der Waals surface area contributed by atoms with E-state index in [4.69, 9.17) is 5.11 Å². The fourth-order valence-corrected chi connectivity index (χ4v) is 2.20. The fourth-order valence-electron chi connectivity index (χ4n) is 2.20. The van der Waals surface area contributed by atoms with E-state index in [9.17, 15) is 25.5 Å². The molecule has 7 N–H and O–H groups in total. The molecule has 1 aromatic rings. The molecule has 1 aromatic carbocycles. The first kappa shape index (κ1) is 15.8. The Kier molecular flexibility index (Phi) is 4.83. The summed E-state index contributed by atoms with van der Waals surface area (Å²) in [6.45, 7) is -0.395. The lowest BCUT2D eigenvalue weighted by molar-refractivity contribution is 0.0190. The number of rotatable bonds is 2. The van der Waals surface area contributed by atoms with Gasteiger partial charge < -0.3 is 30.6 Å². The smallest absolute Gasteiger partial charge is 0.127 e. The van der Waals surface area contributed by atoms with Gasteiger partial charge >= 0.3 is 0 Å². The van der Waals surface area contributed by atoms with Crippen LogP contribution < -0.4 is 5.32 Å². The lowest BCUT2D eigenvalue weighted by Crippen LogP contribution is -2.35. The first-order valence-corrected chi connectivity index (χ1v) is 5.43. The Bertz CT molecular complexity index is 434. The van der Waals surface area contributed by atoms with Crippen molar-refractivity contribution in [3.63, 3.8) is 0 Å². The van der Waals surface area contributed by atoms with Crippen molar-refractivity contribution in [2.75, 3.05) is 6.61 Å². The van der Waals surface area contributed by atoms with Crippen molar-refractivity contribution in [3.8, 4) is 17.2 Å². The minimum Gasteiger partial charge on any atom is -0.508 e. The molecule has 0 amide bonds. The molecule has 1 aliphatic rings. The Morgan fingerprint density at radius 1 is 1.00 bits per heavy atom. The van der Waals surface area contributed by atoms with Crippen LogP contribution in [-0.4, -0.2) is 55.5 Å². The molecule has 8 heteroatoms. The summed E-state index contributed by atoms with van der Waals surface area (Å²) in [6.07, 6.45) is -2.50. The SMILES string of the molecule is Cl.OC[C@@H]1N[C@@H](c2c(O)cc(O)cc2O)[C@H](O)[C@H]1O. The molecule has 0 aromatic heterocycles. The molecule has 7 nitrogen and oxygen atoms in total. The lowest BCUT2D eigenvalue weighted by atomic mass is 9.99. The van der Waals surface area contributed by atoms with Gasteiger partial charge in [0.2, 0.25) is 0 Å². The minimum atomic E-state index is -1.29. The molecule has 108 valence electrons. The van der Waals surface area contributed by atoms with E-state index in [0.29, 0.717) is 0 Å². The highest BCUT2D eigenvalue weighted by Crippen LogP contribution is 2.40. The van der Waals surface area contributed by atoms with E-state index in [-0.39, 0.29) is 23.7 Å². The van der Waals surface area contributed by atoms with Gasteiger partial charge in [-0.05, 0) is 0 Å². The van der Waals surface area contributed by atoms with Crippen LogP contribution in [0.5, 0.6) is 17.2 Å². The number of aromatic hydroxyl groups is 3. The van der Waals surface area contributed by atoms with Crippen LogP contribution in [0.3, 0.4) is 0 Å². The van der Waals surface area contributed by atoms with Crippen LogP contribution in [0.1, 0.15) is 11.6 Å². The number of hydrogen-bond donors (Lipinski definition) is 7. The van der Waals surface area contributed by atoms with Crippen molar-refractivity contribution >= 4 is 12.4 Å². The first-order valence-electron chi connectivity index (χ1n) is 5.43. The molecule has 1 aliphatic heterocycles. The maximum Gasteiger partial charge on any atom is 0.127 e. The predicted molar refractivity (Wildman–Crippen MR) is 67.4 cm³/mol. The van der Waals surface area contributed by atoms with E-state index >= 15 is 0 Å². The predicted octanol–water partition coefficient (Wildman–Crippen LogP) is -1.05. The zero-order valence-corrected chi connectivity index (χ0v) is 10.6. The van der Waals surface area contributed by atoms with Gasteiger partial charge in [-0.2, -0.15) is 0 Å². The molecule has 2 rings (SSSR count). The molecule has 1 fully saturated rings. The second-order valence-corrected chi connectivity index (χ2v) is 4.31. The molecular weight excluding hydrogens is 278 g/mol. The summed E-state index contributed by atoms with van der Waals surface area (Å²) in [7, 11) is 0. The summed E-state index contributed by atoms with van der Waals surface area (Å²) in [4.78, 5) is 0. The van der Waals surface area contributed by atoms with Crippen LogP contribution in [0.4, 0.5) is 0 Å². The summed E-state index contributed by atoms with van der Waals surface area (Å²) in [5.41, 5.74) is -0.0321. The van der Waals surface area contributed by atoms with Gasteiger partial charge in [-0.25, -0.2) is 0 Å². The minimum absolute atomic E-state index is 0. The number of halogens is 1. The standard InChI is InChI=1S/C11H15NO6.ClH/c13-3-5-10(17)11(18)9(12-5)8-6(15)1-4(14)2-7(8)16;/h1-2,5,9-18H,3H2;1H/t5-,9-,10-,11-;/m0./s1. The largest absolute Gasteiger partial charge is 0.508 e. The molecule has 0 saturated carbocycles. The van der Waals surface area contributed by atoms with Crippen LogP contribution in [0, 0.1) is 0 Å². The third kappa shape index (κ3) is 2.70. The van der Waals surface area contributed by atoms with Gasteiger partial charge in [0.1, 0.15) is 23.4 Å². The summed E-state index contributed by atoms with van der Waals surface area (Å²) < 4.78 is 0. The van der Waals surface area contributed by atoms with Crippen LogP contribution >= 0.6 is 12.4 Å². The van der Waals surface area contributed by atoms with Gasteiger partial charge in [-0.15, -0.1) is 12.4 Å². The molecule has 1 heterocycles. The Labute approximate surface area is 115 Å². The second kappa shape index (κ2) is 5.81. The molecule has 0 spiro atoms. The molecule has 0 radical (unpaired) electrons. The third-order valence-corrected chi connectivity index (χ3v) is 3.13. The van der Waals surface area contributed by atoms with Gasteiger partial charge in [-0.1, -0.05) is 0 Å². The maximum atomic E-state index is 9.82. The van der Waals surface area contributed by atoms with Gasteiger partial charge in [0.15, 0.2) is 0 Å². The molecule has 19 heavy (non-hydrogen) atoms. The van der Waals surface area contributed by atoms with Gasteiger partial charge in [0.25, 0.3) is 0 Å². The van der Waals surface area contributed by atoms with E-state index in [1.807, 2.05) is 0 Å². The van der Waals surface area contributed by atoms with Crippen molar-refractivity contribution in [1.29, 1.82) is 0 Å². The van der Waals surface area contributed by atoms with Crippen molar-refractivity contribution in [1.82, 2.24) is 5.32 Å². The number of aliphatic hydroxyl groups excluding tert-OH is 3. The monoisotopic (exact) mass is 293 g/mol. The highest BCUT2D eigenvalue weighted by Gasteiger charge is 2.43.